The van der Waals surface area contributed by atoms with E-state index >= 15 is 0 Å². The molecule has 1 aliphatic rings. The highest BCUT2D eigenvalue weighted by Crippen LogP contribution is 2.28. The quantitative estimate of drug-likeness (QED) is 0.845. The van der Waals surface area contributed by atoms with Gasteiger partial charge in [-0.3, -0.25) is 0 Å². The molecule has 2 atom stereocenters. The molecular formula is C15H20ClN3O2S. The molecule has 5 nitrogen and oxygen atoms in total. The van der Waals surface area contributed by atoms with Crippen molar-refractivity contribution >= 4 is 21.6 Å². The van der Waals surface area contributed by atoms with E-state index in [1.807, 2.05) is 13.1 Å². The minimum atomic E-state index is -3.71. The topological polar surface area (TPSA) is 64.4 Å². The summed E-state index contributed by atoms with van der Waals surface area (Å²) in [5.74, 6) is 0.233. The summed E-state index contributed by atoms with van der Waals surface area (Å²) in [6, 6.07) is 6.15. The van der Waals surface area contributed by atoms with Crippen LogP contribution in [0.15, 0.2) is 23.1 Å². The SMILES string of the molecule is CC1CN(C)CCC1N(C)S(=O)(=O)c1ccc(Cl)cc1C#N. The highest BCUT2D eigenvalue weighted by atomic mass is 35.5. The number of halogens is 1. The van der Waals surface area contributed by atoms with Gasteiger partial charge in [-0.25, -0.2) is 8.42 Å². The van der Waals surface area contributed by atoms with Gasteiger partial charge in [0.25, 0.3) is 0 Å². The highest BCUT2D eigenvalue weighted by molar-refractivity contribution is 7.89. The van der Waals surface area contributed by atoms with Crippen molar-refractivity contribution in [2.24, 2.45) is 5.92 Å². The van der Waals surface area contributed by atoms with Crippen LogP contribution in [0, 0.1) is 17.2 Å². The number of likely N-dealkylation sites (tertiary alicyclic amines) is 1. The number of nitriles is 1. The first-order chi connectivity index (χ1) is 10.3. The molecule has 120 valence electrons. The first-order valence-electron chi connectivity index (χ1n) is 7.13. The van der Waals surface area contributed by atoms with Crippen molar-refractivity contribution < 1.29 is 8.42 Å². The van der Waals surface area contributed by atoms with Crippen LogP contribution in [-0.4, -0.2) is 50.8 Å². The molecule has 22 heavy (non-hydrogen) atoms. The number of benzene rings is 1. The third kappa shape index (κ3) is 3.28. The van der Waals surface area contributed by atoms with Crippen LogP contribution < -0.4 is 0 Å². The fourth-order valence-corrected chi connectivity index (χ4v) is 4.80. The van der Waals surface area contributed by atoms with Gasteiger partial charge in [-0.2, -0.15) is 9.57 Å². The Labute approximate surface area is 137 Å². The number of hydrogen-bond donors (Lipinski definition) is 0. The minimum absolute atomic E-state index is 0.0213. The van der Waals surface area contributed by atoms with E-state index in [4.69, 9.17) is 11.6 Å². The van der Waals surface area contributed by atoms with Crippen LogP contribution in [0.25, 0.3) is 0 Å². The molecule has 1 aliphatic heterocycles. The van der Waals surface area contributed by atoms with E-state index in [0.717, 1.165) is 19.5 Å². The van der Waals surface area contributed by atoms with Gasteiger partial charge in [-0.15, -0.1) is 0 Å². The monoisotopic (exact) mass is 341 g/mol. The van der Waals surface area contributed by atoms with Crippen LogP contribution in [0.4, 0.5) is 0 Å². The molecule has 0 N–H and O–H groups in total. The smallest absolute Gasteiger partial charge is 0.244 e. The Kier molecular flexibility index (Phi) is 5.13. The Balaban J connectivity index is 2.36. The van der Waals surface area contributed by atoms with Crippen LogP contribution in [0.2, 0.25) is 5.02 Å². The van der Waals surface area contributed by atoms with Crippen molar-refractivity contribution in [2.75, 3.05) is 27.2 Å². The predicted molar refractivity (Wildman–Crippen MR) is 86.2 cm³/mol. The molecule has 0 bridgehead atoms. The molecule has 2 rings (SSSR count). The van der Waals surface area contributed by atoms with E-state index in [1.54, 1.807) is 7.05 Å². The second kappa shape index (κ2) is 6.55. The standard InChI is InChI=1S/C15H20ClN3O2S/c1-11-10-18(2)7-6-14(11)19(3)22(20,21)15-5-4-13(16)8-12(15)9-17/h4-5,8,11,14H,6-7,10H2,1-3H3. The molecule has 0 radical (unpaired) electrons. The maximum absolute atomic E-state index is 12.9. The fraction of sp³-hybridized carbons (Fsp3) is 0.533. The Bertz CT molecular complexity index is 699. The van der Waals surface area contributed by atoms with Crippen LogP contribution in [0.1, 0.15) is 18.9 Å². The summed E-state index contributed by atoms with van der Waals surface area (Å²) in [7, 11) is -0.0841. The molecule has 1 aromatic rings. The van der Waals surface area contributed by atoms with Gasteiger partial charge < -0.3 is 4.90 Å². The zero-order valence-electron chi connectivity index (χ0n) is 13.0. The maximum Gasteiger partial charge on any atom is 0.244 e. The third-order valence-corrected chi connectivity index (χ3v) is 6.43. The summed E-state index contributed by atoms with van der Waals surface area (Å²) in [6.45, 7) is 3.77. The van der Waals surface area contributed by atoms with E-state index in [2.05, 4.69) is 11.8 Å². The molecule has 1 aromatic carbocycles. The predicted octanol–water partition coefficient (Wildman–Crippen LogP) is 2.17. The Hall–Kier alpha value is -1.13. The van der Waals surface area contributed by atoms with Gasteiger partial charge in [0.05, 0.1) is 5.56 Å². The van der Waals surface area contributed by atoms with E-state index in [1.165, 1.54) is 22.5 Å². The summed E-state index contributed by atoms with van der Waals surface area (Å²) in [4.78, 5) is 2.22. The van der Waals surface area contributed by atoms with Crippen molar-refractivity contribution in [3.8, 4) is 6.07 Å². The molecule has 0 spiro atoms. The molecular weight excluding hydrogens is 322 g/mol. The van der Waals surface area contributed by atoms with Crippen molar-refractivity contribution in [3.63, 3.8) is 0 Å². The van der Waals surface area contributed by atoms with Gasteiger partial charge in [-0.05, 0) is 44.1 Å². The Morgan fingerprint density at radius 1 is 1.45 bits per heavy atom. The minimum Gasteiger partial charge on any atom is -0.306 e. The van der Waals surface area contributed by atoms with Gasteiger partial charge >= 0.3 is 0 Å². The number of nitrogens with zero attached hydrogens (tertiary/aromatic N) is 3. The third-order valence-electron chi connectivity index (χ3n) is 4.25. The van der Waals surface area contributed by atoms with E-state index < -0.39 is 10.0 Å². The Morgan fingerprint density at radius 3 is 2.73 bits per heavy atom. The second-order valence-electron chi connectivity index (χ2n) is 5.87. The lowest BCUT2D eigenvalue weighted by Crippen LogP contribution is -2.49. The van der Waals surface area contributed by atoms with Crippen LogP contribution in [0.3, 0.4) is 0 Å². The molecule has 1 heterocycles. The zero-order chi connectivity index (χ0) is 16.5. The van der Waals surface area contributed by atoms with Gasteiger partial charge in [0, 0.05) is 24.7 Å². The average molecular weight is 342 g/mol. The summed E-state index contributed by atoms with van der Waals surface area (Å²) in [5.41, 5.74) is 0.0833. The number of rotatable bonds is 3. The van der Waals surface area contributed by atoms with E-state index in [0.29, 0.717) is 5.02 Å². The summed E-state index contributed by atoms with van der Waals surface area (Å²) in [5, 5.41) is 9.54. The largest absolute Gasteiger partial charge is 0.306 e. The highest BCUT2D eigenvalue weighted by Gasteiger charge is 2.35. The Morgan fingerprint density at radius 2 is 2.14 bits per heavy atom. The molecule has 0 aromatic heterocycles. The fourth-order valence-electron chi connectivity index (χ4n) is 3.03. The lowest BCUT2D eigenvalue weighted by molar-refractivity contribution is 0.139. The summed E-state index contributed by atoms with van der Waals surface area (Å²) in [6.07, 6.45) is 0.781. The molecule has 0 amide bonds. The zero-order valence-corrected chi connectivity index (χ0v) is 14.5. The first kappa shape index (κ1) is 17.2. The van der Waals surface area contributed by atoms with E-state index in [9.17, 15) is 13.7 Å². The number of sulfonamides is 1. The maximum atomic E-state index is 12.9. The normalized spacial score (nSPS) is 23.5. The summed E-state index contributed by atoms with van der Waals surface area (Å²) >= 11 is 5.85. The number of hydrogen-bond acceptors (Lipinski definition) is 4. The van der Waals surface area contributed by atoms with Gasteiger partial charge in [0.1, 0.15) is 11.0 Å². The van der Waals surface area contributed by atoms with Crippen molar-refractivity contribution in [2.45, 2.75) is 24.3 Å². The lowest BCUT2D eigenvalue weighted by atomic mass is 9.94. The second-order valence-corrected chi connectivity index (χ2v) is 8.27. The molecule has 0 aliphatic carbocycles. The molecule has 0 saturated carbocycles. The molecule has 7 heteroatoms. The average Bonchev–Trinajstić information content (AvgIpc) is 2.46. The number of piperidine rings is 1. The molecule has 1 fully saturated rings. The lowest BCUT2D eigenvalue weighted by Gasteiger charge is -2.39. The molecule has 2 unspecified atom stereocenters. The van der Waals surface area contributed by atoms with Gasteiger partial charge in [0.2, 0.25) is 10.0 Å². The van der Waals surface area contributed by atoms with Gasteiger partial charge in [-0.1, -0.05) is 18.5 Å². The van der Waals surface area contributed by atoms with Crippen molar-refractivity contribution in [1.82, 2.24) is 9.21 Å². The van der Waals surface area contributed by atoms with Crippen LogP contribution >= 0.6 is 11.6 Å². The van der Waals surface area contributed by atoms with Crippen LogP contribution in [-0.2, 0) is 10.0 Å². The van der Waals surface area contributed by atoms with Crippen molar-refractivity contribution in [3.05, 3.63) is 28.8 Å². The summed E-state index contributed by atoms with van der Waals surface area (Å²) < 4.78 is 27.1. The van der Waals surface area contributed by atoms with E-state index in [-0.39, 0.29) is 22.4 Å². The van der Waals surface area contributed by atoms with Gasteiger partial charge in [0.15, 0.2) is 0 Å². The first-order valence-corrected chi connectivity index (χ1v) is 8.95. The van der Waals surface area contributed by atoms with Crippen molar-refractivity contribution in [1.29, 1.82) is 5.26 Å². The van der Waals surface area contributed by atoms with Crippen LogP contribution in [0.5, 0.6) is 0 Å². The molecule has 1 saturated heterocycles.